The van der Waals surface area contributed by atoms with Crippen LogP contribution in [-0.4, -0.2) is 79.3 Å². The molecule has 5 N–H and O–H groups in total. The third-order valence-electron chi connectivity index (χ3n) is 10.9. The number of pyridine rings is 1. The van der Waals surface area contributed by atoms with Gasteiger partial charge in [-0.05, 0) is 91.0 Å². The molecule has 61 heavy (non-hydrogen) atoms. The average Bonchev–Trinajstić information content (AvgIpc) is 3.28. The maximum Gasteiger partial charge on any atom is 0.411 e. The molecule has 6 aromatic rings. The molecular formula is C48H50N6O7. The lowest BCUT2D eigenvalue weighted by Crippen LogP contribution is -2.40. The number of fused-ring (bicyclic) bond motifs is 1. The Labute approximate surface area is 354 Å². The van der Waals surface area contributed by atoms with Crippen molar-refractivity contribution in [2.45, 2.75) is 38.3 Å². The average molecular weight is 823 g/mol. The van der Waals surface area contributed by atoms with Crippen molar-refractivity contribution in [2.24, 2.45) is 0 Å². The van der Waals surface area contributed by atoms with Gasteiger partial charge in [-0.15, -0.1) is 0 Å². The number of nitrogens with zero attached hydrogens (tertiary/aromatic N) is 2. The van der Waals surface area contributed by atoms with Crippen LogP contribution >= 0.6 is 0 Å². The maximum atomic E-state index is 13.4. The third kappa shape index (κ3) is 10.8. The van der Waals surface area contributed by atoms with Crippen LogP contribution in [0.25, 0.3) is 22.0 Å². The van der Waals surface area contributed by atoms with Crippen LogP contribution in [0.2, 0.25) is 0 Å². The molecule has 0 spiro atoms. The lowest BCUT2D eigenvalue weighted by molar-refractivity contribution is -0.118. The minimum atomic E-state index is -0.480. The predicted octanol–water partition coefficient (Wildman–Crippen LogP) is 7.56. The number of amides is 3. The van der Waals surface area contributed by atoms with Crippen LogP contribution in [0.4, 0.5) is 21.9 Å². The van der Waals surface area contributed by atoms with E-state index in [0.29, 0.717) is 92.3 Å². The van der Waals surface area contributed by atoms with Crippen LogP contribution in [0, 0.1) is 0 Å². The molecule has 0 bridgehead atoms. The normalized spacial score (nSPS) is 13.1. The highest BCUT2D eigenvalue weighted by Crippen LogP contribution is 2.30. The summed E-state index contributed by atoms with van der Waals surface area (Å²) in [4.78, 5) is 57.8. The van der Waals surface area contributed by atoms with E-state index in [9.17, 15) is 24.3 Å². The van der Waals surface area contributed by atoms with Gasteiger partial charge in [-0.3, -0.25) is 19.7 Å². The number of H-pyrrole nitrogens is 1. The van der Waals surface area contributed by atoms with Crippen molar-refractivity contribution < 1.29 is 29.0 Å². The Bertz CT molecular complexity index is 2550. The first-order valence-corrected chi connectivity index (χ1v) is 20.4. The summed E-state index contributed by atoms with van der Waals surface area (Å²) in [6.07, 6.45) is 1.62. The van der Waals surface area contributed by atoms with Gasteiger partial charge in [0.15, 0.2) is 0 Å². The number of carbonyl (C=O) groups excluding carboxylic acids is 3. The van der Waals surface area contributed by atoms with Gasteiger partial charge in [0.1, 0.15) is 17.6 Å². The molecule has 7 rings (SSSR count). The van der Waals surface area contributed by atoms with Gasteiger partial charge in [0, 0.05) is 67.9 Å². The molecule has 314 valence electrons. The summed E-state index contributed by atoms with van der Waals surface area (Å²) in [6, 6.07) is 36.7. The molecule has 1 aliphatic rings. The van der Waals surface area contributed by atoms with Crippen LogP contribution in [-0.2, 0) is 22.5 Å². The smallest absolute Gasteiger partial charge is 0.411 e. The zero-order valence-electron chi connectivity index (χ0n) is 34.3. The van der Waals surface area contributed by atoms with E-state index in [1.165, 1.54) is 6.07 Å². The van der Waals surface area contributed by atoms with Crippen molar-refractivity contribution in [2.75, 3.05) is 55.9 Å². The molecule has 1 aromatic heterocycles. The standard InChI is InChI=1S/C48H50N6O7/c1-53(45(57)24-28-54-26-22-37(23-27-54)61-48(59)51-40-14-7-6-13-38(40)33-9-4-3-5-10-33)36-12-8-11-35(30-36)47(58)50-41-18-15-32(29-43(41)60-2)31-49-25-21-34-16-19-42(55)46-39(34)17-20-44(56)52-46/h3-20,29-30,37,49,55H,21-28,31H2,1-2H3,(H,50,58)(H,51,59)(H,52,56). The summed E-state index contributed by atoms with van der Waals surface area (Å²) >= 11 is 0. The number of aromatic hydroxyl groups is 1. The monoisotopic (exact) mass is 822 g/mol. The lowest BCUT2D eigenvalue weighted by Gasteiger charge is -2.31. The van der Waals surface area contributed by atoms with Gasteiger partial charge in [-0.2, -0.15) is 0 Å². The van der Waals surface area contributed by atoms with Crippen LogP contribution in [0.5, 0.6) is 11.5 Å². The number of benzene rings is 5. The number of carbonyl (C=O) groups is 3. The van der Waals surface area contributed by atoms with E-state index in [1.54, 1.807) is 61.5 Å². The number of aromatic amines is 1. The number of phenols is 1. The molecule has 0 saturated carbocycles. The predicted molar refractivity (Wildman–Crippen MR) is 239 cm³/mol. The highest BCUT2D eigenvalue weighted by atomic mass is 16.6. The third-order valence-corrected chi connectivity index (χ3v) is 10.9. The number of methoxy groups -OCH3 is 1. The summed E-state index contributed by atoms with van der Waals surface area (Å²) in [6.45, 7) is 3.17. The molecule has 1 saturated heterocycles. The number of para-hydroxylation sites is 1. The summed E-state index contributed by atoms with van der Waals surface area (Å²) in [5, 5.41) is 20.2. The van der Waals surface area contributed by atoms with Crippen molar-refractivity contribution in [1.82, 2.24) is 15.2 Å². The molecule has 13 nitrogen and oxygen atoms in total. The van der Waals surface area contributed by atoms with Gasteiger partial charge in [0.2, 0.25) is 11.5 Å². The van der Waals surface area contributed by atoms with E-state index in [2.05, 4.69) is 25.8 Å². The maximum absolute atomic E-state index is 13.4. The van der Waals surface area contributed by atoms with Gasteiger partial charge in [-0.1, -0.05) is 66.7 Å². The Hall–Kier alpha value is -6.96. The van der Waals surface area contributed by atoms with E-state index >= 15 is 0 Å². The largest absolute Gasteiger partial charge is 0.506 e. The Morgan fingerprint density at radius 1 is 0.852 bits per heavy atom. The van der Waals surface area contributed by atoms with E-state index in [0.717, 1.165) is 27.6 Å². The molecule has 1 aliphatic heterocycles. The number of ether oxygens (including phenoxy) is 2. The van der Waals surface area contributed by atoms with E-state index in [-0.39, 0.29) is 29.2 Å². The minimum absolute atomic E-state index is 0.0353. The van der Waals surface area contributed by atoms with Gasteiger partial charge in [0.25, 0.3) is 5.91 Å². The molecule has 2 heterocycles. The molecular weight excluding hydrogens is 773 g/mol. The second-order valence-electron chi connectivity index (χ2n) is 15.0. The summed E-state index contributed by atoms with van der Waals surface area (Å²) in [7, 11) is 3.26. The van der Waals surface area contributed by atoms with Crippen LogP contribution in [0.3, 0.4) is 0 Å². The molecule has 1 fully saturated rings. The minimum Gasteiger partial charge on any atom is -0.506 e. The van der Waals surface area contributed by atoms with Gasteiger partial charge < -0.3 is 40.0 Å². The number of rotatable bonds is 15. The SMILES string of the molecule is COc1cc(CNCCc2ccc(O)c3[nH]c(=O)ccc23)ccc1NC(=O)c1cccc(N(C)C(=O)CCN2CCC(OC(=O)Nc3ccccc3-c3ccccc3)CC2)c1. The molecule has 0 aliphatic carbocycles. The number of phenolic OH excluding ortho intramolecular Hbond substituents is 1. The number of likely N-dealkylation sites (tertiary alicyclic amines) is 1. The van der Waals surface area contributed by atoms with Gasteiger partial charge >= 0.3 is 6.09 Å². The summed E-state index contributed by atoms with van der Waals surface area (Å²) in [5.41, 5.74) is 6.24. The van der Waals surface area contributed by atoms with E-state index < -0.39 is 6.09 Å². The van der Waals surface area contributed by atoms with Gasteiger partial charge in [0.05, 0.1) is 24.0 Å². The highest BCUT2D eigenvalue weighted by molar-refractivity contribution is 6.06. The zero-order valence-corrected chi connectivity index (χ0v) is 34.3. The Kier molecular flexibility index (Phi) is 13.7. The number of hydrogen-bond donors (Lipinski definition) is 5. The highest BCUT2D eigenvalue weighted by Gasteiger charge is 2.24. The molecule has 13 heteroatoms. The molecule has 3 amide bonds. The van der Waals surface area contributed by atoms with Crippen molar-refractivity contribution in [3.05, 3.63) is 148 Å². The first-order chi connectivity index (χ1) is 29.6. The molecule has 0 unspecified atom stereocenters. The van der Waals surface area contributed by atoms with Crippen molar-refractivity contribution in [3.63, 3.8) is 0 Å². The second kappa shape index (κ2) is 19.9. The van der Waals surface area contributed by atoms with Gasteiger partial charge in [-0.25, -0.2) is 4.79 Å². The van der Waals surface area contributed by atoms with Crippen LogP contribution < -0.4 is 31.1 Å². The van der Waals surface area contributed by atoms with E-state index in [1.807, 2.05) is 72.8 Å². The topological polar surface area (TPSA) is 165 Å². The number of anilines is 3. The zero-order chi connectivity index (χ0) is 42.7. The summed E-state index contributed by atoms with van der Waals surface area (Å²) < 4.78 is 11.4. The Morgan fingerprint density at radius 3 is 2.44 bits per heavy atom. The molecule has 0 atom stereocenters. The molecule has 0 radical (unpaired) electrons. The van der Waals surface area contributed by atoms with Crippen LogP contribution in [0.1, 0.15) is 40.7 Å². The van der Waals surface area contributed by atoms with Crippen molar-refractivity contribution in [3.8, 4) is 22.6 Å². The first kappa shape index (κ1) is 42.2. The first-order valence-electron chi connectivity index (χ1n) is 20.4. The number of aromatic nitrogens is 1. The van der Waals surface area contributed by atoms with E-state index in [4.69, 9.17) is 9.47 Å². The summed E-state index contributed by atoms with van der Waals surface area (Å²) in [5.74, 6) is 0.126. The van der Waals surface area contributed by atoms with Crippen molar-refractivity contribution >= 4 is 45.9 Å². The number of nitrogens with one attached hydrogen (secondary N) is 4. The quantitative estimate of drug-likeness (QED) is 0.0658. The fraction of sp³-hybridized carbons (Fsp3) is 0.250. The van der Waals surface area contributed by atoms with Crippen LogP contribution in [0.15, 0.2) is 126 Å². The molecule has 5 aromatic carbocycles. The number of piperidine rings is 1. The number of hydrogen-bond acceptors (Lipinski definition) is 9. The Morgan fingerprint density at radius 2 is 1.64 bits per heavy atom. The lowest BCUT2D eigenvalue weighted by atomic mass is 10.0. The fourth-order valence-corrected chi connectivity index (χ4v) is 7.54. The second-order valence-corrected chi connectivity index (χ2v) is 15.0. The van der Waals surface area contributed by atoms with Crippen molar-refractivity contribution in [1.29, 1.82) is 0 Å². The fourth-order valence-electron chi connectivity index (χ4n) is 7.54. The Balaban J connectivity index is 0.849.